The zero-order chi connectivity index (χ0) is 20.2. The van der Waals surface area contributed by atoms with Crippen LogP contribution in [0.3, 0.4) is 0 Å². The van der Waals surface area contributed by atoms with Gasteiger partial charge in [0.25, 0.3) is 5.91 Å². The van der Waals surface area contributed by atoms with E-state index in [1.165, 1.54) is 11.8 Å². The molecular formula is C20H23N3O4S. The highest BCUT2D eigenvalue weighted by Crippen LogP contribution is 2.11. The van der Waals surface area contributed by atoms with Gasteiger partial charge in [-0.1, -0.05) is 36.4 Å². The molecule has 0 unspecified atom stereocenters. The smallest absolute Gasteiger partial charge is 0.251 e. The number of rotatable bonds is 10. The van der Waals surface area contributed by atoms with Gasteiger partial charge in [-0.15, -0.1) is 0 Å². The van der Waals surface area contributed by atoms with E-state index in [0.29, 0.717) is 29.2 Å². The molecule has 28 heavy (non-hydrogen) atoms. The first-order valence-corrected chi connectivity index (χ1v) is 9.98. The molecule has 148 valence electrons. The number of benzene rings is 2. The van der Waals surface area contributed by atoms with Gasteiger partial charge in [-0.2, -0.15) is 11.8 Å². The van der Waals surface area contributed by atoms with Gasteiger partial charge >= 0.3 is 0 Å². The third-order valence-corrected chi connectivity index (χ3v) is 4.95. The molecule has 0 aromatic heterocycles. The summed E-state index contributed by atoms with van der Waals surface area (Å²) in [7, 11) is 0. The number of anilines is 1. The van der Waals surface area contributed by atoms with E-state index >= 15 is 0 Å². The van der Waals surface area contributed by atoms with Crippen molar-refractivity contribution in [2.75, 3.05) is 16.8 Å². The summed E-state index contributed by atoms with van der Waals surface area (Å²) in [5.41, 5.74) is 2.71. The van der Waals surface area contributed by atoms with E-state index in [2.05, 4.69) is 10.6 Å². The average molecular weight is 401 g/mol. The first-order chi connectivity index (χ1) is 13.6. The summed E-state index contributed by atoms with van der Waals surface area (Å²) < 4.78 is 0. The summed E-state index contributed by atoms with van der Waals surface area (Å²) in [5.74, 6) is -0.108. The van der Waals surface area contributed by atoms with Gasteiger partial charge < -0.3 is 10.6 Å². The molecule has 0 bridgehead atoms. The van der Waals surface area contributed by atoms with Crippen molar-refractivity contribution in [3.8, 4) is 0 Å². The molecule has 1 atom stereocenters. The Balaban J connectivity index is 1.95. The predicted octanol–water partition coefficient (Wildman–Crippen LogP) is 2.44. The van der Waals surface area contributed by atoms with Crippen molar-refractivity contribution in [1.29, 1.82) is 0 Å². The van der Waals surface area contributed by atoms with Crippen molar-refractivity contribution >= 4 is 35.2 Å². The molecule has 2 aromatic carbocycles. The molecule has 4 N–H and O–H groups in total. The second-order valence-electron chi connectivity index (χ2n) is 5.96. The van der Waals surface area contributed by atoms with Crippen molar-refractivity contribution < 1.29 is 19.6 Å². The lowest BCUT2D eigenvalue weighted by Gasteiger charge is -2.18. The van der Waals surface area contributed by atoms with Crippen molar-refractivity contribution in [3.63, 3.8) is 0 Å². The lowest BCUT2D eigenvalue weighted by Crippen LogP contribution is -2.45. The molecule has 0 fully saturated rings. The number of carbonyl (C=O) groups is 3. The maximum atomic E-state index is 12.7. The highest BCUT2D eigenvalue weighted by Gasteiger charge is 2.21. The molecule has 2 aromatic rings. The zero-order valence-electron chi connectivity index (χ0n) is 15.3. The molecule has 0 aliphatic rings. The molecule has 3 amide bonds. The van der Waals surface area contributed by atoms with Gasteiger partial charge in [0.1, 0.15) is 6.04 Å². The van der Waals surface area contributed by atoms with Gasteiger partial charge in [0.15, 0.2) is 0 Å². The zero-order valence-corrected chi connectivity index (χ0v) is 16.1. The fourth-order valence-corrected chi connectivity index (χ4v) is 3.34. The van der Waals surface area contributed by atoms with Crippen LogP contribution in [0, 0.1) is 0 Å². The molecule has 2 rings (SSSR count). The highest BCUT2D eigenvalue weighted by molar-refractivity contribution is 7.99. The monoisotopic (exact) mass is 401 g/mol. The van der Waals surface area contributed by atoms with Crippen LogP contribution in [0.2, 0.25) is 0 Å². The lowest BCUT2D eigenvalue weighted by molar-refractivity contribution is -0.129. The largest absolute Gasteiger partial charge is 0.339 e. The Morgan fingerprint density at radius 2 is 1.61 bits per heavy atom. The molecule has 0 heterocycles. The number of hydrogen-bond acceptors (Lipinski definition) is 5. The van der Waals surface area contributed by atoms with Crippen LogP contribution >= 0.6 is 11.8 Å². The van der Waals surface area contributed by atoms with E-state index in [-0.39, 0.29) is 18.2 Å². The van der Waals surface area contributed by atoms with Gasteiger partial charge in [0.2, 0.25) is 11.8 Å². The number of amides is 3. The van der Waals surface area contributed by atoms with E-state index in [4.69, 9.17) is 5.21 Å². The standard InChI is InChI=1S/C20H23N3O4S/c24-18(23-27)12-7-13-28-14-17(20(26)21-16-10-5-2-6-11-16)22-19(25)15-8-3-1-4-9-15/h1-6,8-11,17,27H,7,12-14H2,(H,21,26)(H,22,25)(H,23,24)/t17-/m0/s1. The SMILES string of the molecule is O=C(CCCSC[C@H](NC(=O)c1ccccc1)C(=O)Nc1ccccc1)NO. The second-order valence-corrected chi connectivity index (χ2v) is 7.11. The van der Waals surface area contributed by atoms with E-state index < -0.39 is 11.9 Å². The number of carbonyl (C=O) groups excluding carboxylic acids is 3. The number of hydroxylamine groups is 1. The Labute approximate surface area is 167 Å². The Morgan fingerprint density at radius 1 is 0.964 bits per heavy atom. The van der Waals surface area contributed by atoms with E-state index in [1.54, 1.807) is 41.9 Å². The normalized spacial score (nSPS) is 11.3. The first kappa shape index (κ1) is 21.5. The van der Waals surface area contributed by atoms with Crippen molar-refractivity contribution in [1.82, 2.24) is 10.8 Å². The predicted molar refractivity (Wildman–Crippen MR) is 109 cm³/mol. The summed E-state index contributed by atoms with van der Waals surface area (Å²) in [6.07, 6.45) is 0.747. The maximum Gasteiger partial charge on any atom is 0.251 e. The van der Waals surface area contributed by atoms with Gasteiger partial charge in [-0.3, -0.25) is 19.6 Å². The van der Waals surface area contributed by atoms with Gasteiger partial charge in [0, 0.05) is 23.4 Å². The summed E-state index contributed by atoms with van der Waals surface area (Å²) >= 11 is 1.45. The third kappa shape index (κ3) is 7.42. The quantitative estimate of drug-likeness (QED) is 0.278. The molecule has 0 aliphatic heterocycles. The van der Waals surface area contributed by atoms with Crippen LogP contribution in [0.15, 0.2) is 60.7 Å². The number of hydrogen-bond donors (Lipinski definition) is 4. The molecule has 0 radical (unpaired) electrons. The second kappa shape index (κ2) is 11.8. The van der Waals surface area contributed by atoms with E-state index in [0.717, 1.165) is 0 Å². The van der Waals surface area contributed by atoms with Gasteiger partial charge in [-0.25, -0.2) is 5.48 Å². The number of thioether (sulfide) groups is 1. The Kier molecular flexibility index (Phi) is 9.03. The average Bonchev–Trinajstić information content (AvgIpc) is 2.73. The molecular weight excluding hydrogens is 378 g/mol. The highest BCUT2D eigenvalue weighted by atomic mass is 32.2. The number of para-hydroxylation sites is 1. The van der Waals surface area contributed by atoms with Crippen LogP contribution in [0.1, 0.15) is 23.2 Å². The molecule has 0 saturated heterocycles. The van der Waals surface area contributed by atoms with Gasteiger partial charge in [-0.05, 0) is 36.4 Å². The minimum atomic E-state index is -0.732. The van der Waals surface area contributed by atoms with Crippen LogP contribution in [0.25, 0.3) is 0 Å². The Bertz CT molecular complexity index is 772. The molecule has 7 nitrogen and oxygen atoms in total. The van der Waals surface area contributed by atoms with Crippen LogP contribution in [-0.2, 0) is 9.59 Å². The van der Waals surface area contributed by atoms with Gasteiger partial charge in [0.05, 0.1) is 0 Å². The molecule has 8 heteroatoms. The van der Waals surface area contributed by atoms with Crippen molar-refractivity contribution in [2.24, 2.45) is 0 Å². The number of nitrogens with one attached hydrogen (secondary N) is 3. The van der Waals surface area contributed by atoms with Crippen LogP contribution in [0.5, 0.6) is 0 Å². The van der Waals surface area contributed by atoms with E-state index in [9.17, 15) is 14.4 Å². The molecule has 0 spiro atoms. The Morgan fingerprint density at radius 3 is 2.25 bits per heavy atom. The van der Waals surface area contributed by atoms with Crippen LogP contribution in [-0.4, -0.2) is 40.5 Å². The summed E-state index contributed by atoms with van der Waals surface area (Å²) in [6.45, 7) is 0. The van der Waals surface area contributed by atoms with Crippen LogP contribution in [0.4, 0.5) is 5.69 Å². The molecule has 0 aliphatic carbocycles. The third-order valence-electron chi connectivity index (χ3n) is 3.80. The van der Waals surface area contributed by atoms with E-state index in [1.807, 2.05) is 24.3 Å². The van der Waals surface area contributed by atoms with Crippen LogP contribution < -0.4 is 16.1 Å². The summed E-state index contributed by atoms with van der Waals surface area (Å²) in [5, 5.41) is 14.1. The summed E-state index contributed by atoms with van der Waals surface area (Å²) in [6, 6.07) is 17.0. The van der Waals surface area contributed by atoms with Crippen molar-refractivity contribution in [3.05, 3.63) is 66.2 Å². The molecule has 0 saturated carbocycles. The fourth-order valence-electron chi connectivity index (χ4n) is 2.36. The first-order valence-electron chi connectivity index (χ1n) is 8.82. The summed E-state index contributed by atoms with van der Waals surface area (Å²) in [4.78, 5) is 36.1. The fraction of sp³-hybridized carbons (Fsp3) is 0.250. The minimum absolute atomic E-state index is 0.195. The topological polar surface area (TPSA) is 108 Å². The van der Waals surface area contributed by atoms with Crippen molar-refractivity contribution in [2.45, 2.75) is 18.9 Å². The lowest BCUT2D eigenvalue weighted by atomic mass is 10.2. The minimum Gasteiger partial charge on any atom is -0.339 e. The maximum absolute atomic E-state index is 12.7. The Hall–Kier alpha value is -2.84.